The maximum absolute atomic E-state index is 5.17. The molecule has 0 saturated heterocycles. The average molecular weight is 192 g/mol. The molecule has 0 fully saturated rings. The van der Waals surface area contributed by atoms with Crippen LogP contribution in [0.4, 0.5) is 5.95 Å². The van der Waals surface area contributed by atoms with Gasteiger partial charge in [-0.25, -0.2) is 15.8 Å². The molecule has 0 bridgehead atoms. The highest BCUT2D eigenvalue weighted by atomic mass is 15.4. The molecule has 1 aliphatic heterocycles. The standard InChI is InChI=1S/C8H12N6/c1-14-5-7(4-12-14)6-2-10-8(13-9)11-3-6/h2-4,7H,5,9H2,1H3,(H,10,11,13). The number of nitrogens with one attached hydrogen (secondary N) is 1. The summed E-state index contributed by atoms with van der Waals surface area (Å²) in [5, 5.41) is 6.04. The first kappa shape index (κ1) is 8.89. The van der Waals surface area contributed by atoms with Crippen LogP contribution in [0.3, 0.4) is 0 Å². The van der Waals surface area contributed by atoms with Crippen LogP contribution in [-0.2, 0) is 0 Å². The van der Waals surface area contributed by atoms with Crippen LogP contribution in [0, 0.1) is 0 Å². The van der Waals surface area contributed by atoms with Crippen LogP contribution in [0.15, 0.2) is 17.5 Å². The van der Waals surface area contributed by atoms with E-state index in [1.165, 1.54) is 0 Å². The monoisotopic (exact) mass is 192 g/mol. The Morgan fingerprint density at radius 1 is 1.50 bits per heavy atom. The van der Waals surface area contributed by atoms with Crippen molar-refractivity contribution in [1.29, 1.82) is 0 Å². The predicted octanol–water partition coefficient (Wildman–Crippen LogP) is -0.223. The summed E-state index contributed by atoms with van der Waals surface area (Å²) in [4.78, 5) is 8.08. The summed E-state index contributed by atoms with van der Waals surface area (Å²) in [6.07, 6.45) is 5.42. The van der Waals surface area contributed by atoms with Gasteiger partial charge in [-0.15, -0.1) is 0 Å². The number of hydrogen-bond acceptors (Lipinski definition) is 6. The number of nitrogens with two attached hydrogens (primary N) is 1. The van der Waals surface area contributed by atoms with E-state index in [1.54, 1.807) is 12.4 Å². The summed E-state index contributed by atoms with van der Waals surface area (Å²) >= 11 is 0. The van der Waals surface area contributed by atoms with Gasteiger partial charge in [0.05, 0.1) is 0 Å². The molecule has 0 radical (unpaired) electrons. The Balaban J connectivity index is 2.14. The topological polar surface area (TPSA) is 79.4 Å². The molecule has 0 aromatic carbocycles. The van der Waals surface area contributed by atoms with Gasteiger partial charge in [-0.3, -0.25) is 10.4 Å². The molecule has 6 heteroatoms. The number of likely N-dealkylation sites (N-methyl/N-ethyl adjacent to an activating group) is 1. The molecule has 1 atom stereocenters. The highest BCUT2D eigenvalue weighted by Crippen LogP contribution is 2.17. The summed E-state index contributed by atoms with van der Waals surface area (Å²) < 4.78 is 0. The highest BCUT2D eigenvalue weighted by Gasteiger charge is 2.17. The van der Waals surface area contributed by atoms with Crippen LogP contribution < -0.4 is 11.3 Å². The SMILES string of the molecule is CN1CC(c2cnc(NN)nc2)C=N1. The predicted molar refractivity (Wildman–Crippen MR) is 53.7 cm³/mol. The minimum absolute atomic E-state index is 0.284. The van der Waals surface area contributed by atoms with Crippen molar-refractivity contribution in [2.75, 3.05) is 19.0 Å². The average Bonchev–Trinajstić information content (AvgIpc) is 2.65. The molecule has 1 aromatic rings. The molecule has 0 spiro atoms. The fourth-order valence-electron chi connectivity index (χ4n) is 1.37. The largest absolute Gasteiger partial charge is 0.299 e. The number of nitrogen functional groups attached to an aromatic ring is 1. The van der Waals surface area contributed by atoms with Gasteiger partial charge in [-0.2, -0.15) is 5.10 Å². The van der Waals surface area contributed by atoms with Gasteiger partial charge in [0, 0.05) is 38.1 Å². The number of hydrogen-bond donors (Lipinski definition) is 2. The molecule has 0 aliphatic carbocycles. The summed E-state index contributed by atoms with van der Waals surface area (Å²) in [5.41, 5.74) is 3.44. The van der Waals surface area contributed by atoms with Crippen LogP contribution in [0.2, 0.25) is 0 Å². The van der Waals surface area contributed by atoms with Gasteiger partial charge in [0.25, 0.3) is 0 Å². The Bertz CT molecular complexity index is 332. The quantitative estimate of drug-likeness (QED) is 0.500. The van der Waals surface area contributed by atoms with E-state index >= 15 is 0 Å². The molecule has 2 rings (SSSR count). The van der Waals surface area contributed by atoms with E-state index in [2.05, 4.69) is 20.5 Å². The van der Waals surface area contributed by atoms with Crippen molar-refractivity contribution < 1.29 is 0 Å². The third kappa shape index (κ3) is 1.64. The number of nitrogens with zero attached hydrogens (tertiary/aromatic N) is 4. The lowest BCUT2D eigenvalue weighted by Crippen LogP contribution is -2.14. The van der Waals surface area contributed by atoms with Gasteiger partial charge in [0.2, 0.25) is 5.95 Å². The first-order valence-corrected chi connectivity index (χ1v) is 4.33. The molecule has 0 saturated carbocycles. The van der Waals surface area contributed by atoms with Gasteiger partial charge in [0.15, 0.2) is 0 Å². The second kappa shape index (κ2) is 3.59. The molecule has 2 heterocycles. The van der Waals surface area contributed by atoms with Crippen molar-refractivity contribution >= 4 is 12.2 Å². The van der Waals surface area contributed by atoms with E-state index in [0.717, 1.165) is 12.1 Å². The minimum atomic E-state index is 0.284. The summed E-state index contributed by atoms with van der Waals surface area (Å²) in [7, 11) is 1.94. The number of anilines is 1. The Labute approximate surface area is 81.8 Å². The fourth-order valence-corrected chi connectivity index (χ4v) is 1.37. The number of aromatic nitrogens is 2. The van der Waals surface area contributed by atoms with Gasteiger partial charge in [-0.1, -0.05) is 0 Å². The molecular formula is C8H12N6. The minimum Gasteiger partial charge on any atom is -0.299 e. The van der Waals surface area contributed by atoms with E-state index in [4.69, 9.17) is 5.84 Å². The zero-order chi connectivity index (χ0) is 9.97. The van der Waals surface area contributed by atoms with Crippen molar-refractivity contribution in [2.45, 2.75) is 5.92 Å². The zero-order valence-corrected chi connectivity index (χ0v) is 7.88. The smallest absolute Gasteiger partial charge is 0.237 e. The van der Waals surface area contributed by atoms with Gasteiger partial charge in [-0.05, 0) is 5.56 Å². The van der Waals surface area contributed by atoms with Crippen molar-refractivity contribution in [3.8, 4) is 0 Å². The third-order valence-corrected chi connectivity index (χ3v) is 2.13. The van der Waals surface area contributed by atoms with Crippen molar-refractivity contribution in [2.24, 2.45) is 10.9 Å². The lowest BCUT2D eigenvalue weighted by atomic mass is 10.1. The summed E-state index contributed by atoms with van der Waals surface area (Å²) in [6.45, 7) is 0.874. The van der Waals surface area contributed by atoms with Crippen molar-refractivity contribution in [1.82, 2.24) is 15.0 Å². The molecule has 1 aliphatic rings. The van der Waals surface area contributed by atoms with E-state index < -0.39 is 0 Å². The van der Waals surface area contributed by atoms with Crippen LogP contribution in [0.5, 0.6) is 0 Å². The fraction of sp³-hybridized carbons (Fsp3) is 0.375. The van der Waals surface area contributed by atoms with Crippen molar-refractivity contribution in [3.63, 3.8) is 0 Å². The third-order valence-electron chi connectivity index (χ3n) is 2.13. The molecule has 6 nitrogen and oxygen atoms in total. The molecule has 14 heavy (non-hydrogen) atoms. The van der Waals surface area contributed by atoms with Crippen LogP contribution in [-0.4, -0.2) is 34.8 Å². The van der Waals surface area contributed by atoms with E-state index in [0.29, 0.717) is 5.95 Å². The van der Waals surface area contributed by atoms with Crippen LogP contribution in [0.25, 0.3) is 0 Å². The van der Waals surface area contributed by atoms with Crippen LogP contribution >= 0.6 is 0 Å². The second-order valence-corrected chi connectivity index (χ2v) is 3.20. The molecule has 3 N–H and O–H groups in total. The highest BCUT2D eigenvalue weighted by molar-refractivity contribution is 5.69. The molecule has 74 valence electrons. The molecule has 1 aromatic heterocycles. The Hall–Kier alpha value is -1.69. The Morgan fingerprint density at radius 2 is 2.21 bits per heavy atom. The maximum atomic E-state index is 5.17. The Morgan fingerprint density at radius 3 is 2.71 bits per heavy atom. The van der Waals surface area contributed by atoms with Gasteiger partial charge < -0.3 is 0 Å². The molecule has 0 amide bonds. The molecular weight excluding hydrogens is 180 g/mol. The lowest BCUT2D eigenvalue weighted by molar-refractivity contribution is 0.381. The normalized spacial score (nSPS) is 20.1. The van der Waals surface area contributed by atoms with Gasteiger partial charge >= 0.3 is 0 Å². The Kier molecular flexibility index (Phi) is 2.28. The summed E-state index contributed by atoms with van der Waals surface area (Å²) in [5.74, 6) is 5.88. The number of hydrazone groups is 1. The lowest BCUT2D eigenvalue weighted by Gasteiger charge is -2.09. The molecule has 1 unspecified atom stereocenters. The zero-order valence-electron chi connectivity index (χ0n) is 7.88. The first-order chi connectivity index (χ1) is 6.79. The van der Waals surface area contributed by atoms with E-state index in [-0.39, 0.29) is 5.92 Å². The second-order valence-electron chi connectivity index (χ2n) is 3.20. The summed E-state index contributed by atoms with van der Waals surface area (Å²) in [6, 6.07) is 0. The first-order valence-electron chi connectivity index (χ1n) is 4.33. The maximum Gasteiger partial charge on any atom is 0.237 e. The van der Waals surface area contributed by atoms with E-state index in [1.807, 2.05) is 18.3 Å². The van der Waals surface area contributed by atoms with Crippen LogP contribution in [0.1, 0.15) is 11.5 Å². The number of hydrazine groups is 1. The van der Waals surface area contributed by atoms with Crippen molar-refractivity contribution in [3.05, 3.63) is 18.0 Å². The van der Waals surface area contributed by atoms with Gasteiger partial charge in [0.1, 0.15) is 0 Å². The number of rotatable bonds is 2. The van der Waals surface area contributed by atoms with E-state index in [9.17, 15) is 0 Å².